The van der Waals surface area contributed by atoms with Gasteiger partial charge in [-0.15, -0.1) is 0 Å². The Morgan fingerprint density at radius 1 is 1.44 bits per heavy atom. The largest absolute Gasteiger partial charge is 0.480 e. The third-order valence-electron chi connectivity index (χ3n) is 2.56. The molecule has 0 aromatic carbocycles. The van der Waals surface area contributed by atoms with Gasteiger partial charge in [-0.25, -0.2) is 0 Å². The SMILES string of the molecule is CCCC(NCCC(=O)NC1CC1)C(=O)O. The van der Waals surface area contributed by atoms with Gasteiger partial charge in [0.15, 0.2) is 0 Å². The quantitative estimate of drug-likeness (QED) is 0.565. The van der Waals surface area contributed by atoms with Crippen LogP contribution in [0.25, 0.3) is 0 Å². The number of carbonyl (C=O) groups excluding carboxylic acids is 1. The number of aliphatic carboxylic acids is 1. The van der Waals surface area contributed by atoms with Gasteiger partial charge in [0.2, 0.25) is 5.91 Å². The lowest BCUT2D eigenvalue weighted by Crippen LogP contribution is -2.39. The highest BCUT2D eigenvalue weighted by atomic mass is 16.4. The molecule has 3 N–H and O–H groups in total. The van der Waals surface area contributed by atoms with Gasteiger partial charge in [-0.3, -0.25) is 9.59 Å². The Labute approximate surface area is 95.6 Å². The van der Waals surface area contributed by atoms with Crippen molar-refractivity contribution in [3.8, 4) is 0 Å². The molecule has 5 heteroatoms. The first-order chi connectivity index (χ1) is 7.63. The van der Waals surface area contributed by atoms with Crippen LogP contribution in [0.3, 0.4) is 0 Å². The number of rotatable bonds is 8. The van der Waals surface area contributed by atoms with Gasteiger partial charge in [-0.05, 0) is 19.3 Å². The summed E-state index contributed by atoms with van der Waals surface area (Å²) in [6.07, 6.45) is 3.92. The van der Waals surface area contributed by atoms with Gasteiger partial charge >= 0.3 is 5.97 Å². The molecule has 1 aliphatic rings. The first-order valence-electron chi connectivity index (χ1n) is 5.89. The number of carboxylic acids is 1. The summed E-state index contributed by atoms with van der Waals surface area (Å²) in [5, 5.41) is 14.6. The van der Waals surface area contributed by atoms with E-state index >= 15 is 0 Å². The molecule has 92 valence electrons. The van der Waals surface area contributed by atoms with Crippen LogP contribution in [0.15, 0.2) is 0 Å². The van der Waals surface area contributed by atoms with E-state index in [0.29, 0.717) is 25.4 Å². The Bertz CT molecular complexity index is 252. The highest BCUT2D eigenvalue weighted by Gasteiger charge is 2.23. The number of amides is 1. The van der Waals surface area contributed by atoms with Gasteiger partial charge in [-0.2, -0.15) is 0 Å². The molecule has 0 aromatic rings. The Kier molecular flexibility index (Phi) is 5.25. The molecular weight excluding hydrogens is 208 g/mol. The van der Waals surface area contributed by atoms with Gasteiger partial charge < -0.3 is 15.7 Å². The van der Waals surface area contributed by atoms with Gasteiger partial charge in [0.05, 0.1) is 0 Å². The first kappa shape index (κ1) is 13.0. The summed E-state index contributed by atoms with van der Waals surface area (Å²) in [5.41, 5.74) is 0. The van der Waals surface area contributed by atoms with Crippen molar-refractivity contribution in [2.75, 3.05) is 6.54 Å². The van der Waals surface area contributed by atoms with E-state index in [1.807, 2.05) is 6.92 Å². The second-order valence-corrected chi connectivity index (χ2v) is 4.23. The van der Waals surface area contributed by atoms with Crippen molar-refractivity contribution in [3.05, 3.63) is 0 Å². The van der Waals surface area contributed by atoms with E-state index in [0.717, 1.165) is 19.3 Å². The third kappa shape index (κ3) is 5.11. The van der Waals surface area contributed by atoms with Crippen molar-refractivity contribution in [2.45, 2.75) is 51.1 Å². The van der Waals surface area contributed by atoms with Crippen LogP contribution in [0.1, 0.15) is 39.0 Å². The number of hydrogen-bond donors (Lipinski definition) is 3. The van der Waals surface area contributed by atoms with E-state index in [1.54, 1.807) is 0 Å². The number of carbonyl (C=O) groups is 2. The zero-order valence-corrected chi connectivity index (χ0v) is 9.66. The first-order valence-corrected chi connectivity index (χ1v) is 5.89. The molecule has 0 spiro atoms. The molecule has 0 aromatic heterocycles. The zero-order chi connectivity index (χ0) is 12.0. The summed E-state index contributed by atoms with van der Waals surface area (Å²) in [4.78, 5) is 22.1. The molecule has 1 fully saturated rings. The molecule has 1 aliphatic carbocycles. The van der Waals surface area contributed by atoms with Gasteiger partial charge in [0, 0.05) is 19.0 Å². The van der Waals surface area contributed by atoms with E-state index < -0.39 is 12.0 Å². The minimum absolute atomic E-state index is 0.00985. The topological polar surface area (TPSA) is 78.4 Å². The second kappa shape index (κ2) is 6.48. The van der Waals surface area contributed by atoms with Gasteiger partial charge in [0.1, 0.15) is 6.04 Å². The lowest BCUT2D eigenvalue weighted by Gasteiger charge is -2.13. The normalized spacial score (nSPS) is 16.8. The molecule has 1 amide bonds. The average molecular weight is 228 g/mol. The Morgan fingerprint density at radius 3 is 2.62 bits per heavy atom. The second-order valence-electron chi connectivity index (χ2n) is 4.23. The highest BCUT2D eigenvalue weighted by molar-refractivity contribution is 5.77. The summed E-state index contributed by atoms with van der Waals surface area (Å²) in [7, 11) is 0. The molecular formula is C11H20N2O3. The number of hydrogen-bond acceptors (Lipinski definition) is 3. The van der Waals surface area contributed by atoms with E-state index in [-0.39, 0.29) is 5.91 Å². The summed E-state index contributed by atoms with van der Waals surface area (Å²) in [6.45, 7) is 2.37. The van der Waals surface area contributed by atoms with Crippen LogP contribution in [0, 0.1) is 0 Å². The molecule has 0 radical (unpaired) electrons. The summed E-state index contributed by atoms with van der Waals surface area (Å²) < 4.78 is 0. The lowest BCUT2D eigenvalue weighted by molar-refractivity contribution is -0.139. The minimum atomic E-state index is -0.843. The van der Waals surface area contributed by atoms with E-state index in [1.165, 1.54) is 0 Å². The van der Waals surface area contributed by atoms with Crippen molar-refractivity contribution in [1.82, 2.24) is 10.6 Å². The van der Waals surface area contributed by atoms with Crippen molar-refractivity contribution in [2.24, 2.45) is 0 Å². The van der Waals surface area contributed by atoms with Crippen molar-refractivity contribution >= 4 is 11.9 Å². The Hall–Kier alpha value is -1.10. The third-order valence-corrected chi connectivity index (χ3v) is 2.56. The fourth-order valence-electron chi connectivity index (χ4n) is 1.49. The van der Waals surface area contributed by atoms with Crippen LogP contribution in [0.4, 0.5) is 0 Å². The predicted octanol–water partition coefficient (Wildman–Crippen LogP) is 0.498. The maximum atomic E-state index is 11.3. The fourth-order valence-corrected chi connectivity index (χ4v) is 1.49. The standard InChI is InChI=1S/C11H20N2O3/c1-2-3-9(11(15)16)12-7-6-10(14)13-8-4-5-8/h8-9,12H,2-7H2,1H3,(H,13,14)(H,15,16). The molecule has 0 aliphatic heterocycles. The lowest BCUT2D eigenvalue weighted by atomic mass is 10.1. The van der Waals surface area contributed by atoms with Gasteiger partial charge in [0.25, 0.3) is 0 Å². The van der Waals surface area contributed by atoms with E-state index in [9.17, 15) is 9.59 Å². The van der Waals surface area contributed by atoms with Crippen LogP contribution in [0.5, 0.6) is 0 Å². The molecule has 5 nitrogen and oxygen atoms in total. The molecule has 0 saturated heterocycles. The predicted molar refractivity (Wildman–Crippen MR) is 60.1 cm³/mol. The summed E-state index contributed by atoms with van der Waals surface area (Å²) in [6, 6.07) is -0.155. The number of carboxylic acid groups (broad SMARTS) is 1. The van der Waals surface area contributed by atoms with E-state index in [2.05, 4.69) is 10.6 Å². The average Bonchev–Trinajstić information content (AvgIpc) is 3.00. The monoisotopic (exact) mass is 228 g/mol. The molecule has 0 heterocycles. The molecule has 0 bridgehead atoms. The molecule has 16 heavy (non-hydrogen) atoms. The van der Waals surface area contributed by atoms with Crippen LogP contribution >= 0.6 is 0 Å². The van der Waals surface area contributed by atoms with Crippen molar-refractivity contribution < 1.29 is 14.7 Å². The molecule has 1 atom stereocenters. The fraction of sp³-hybridized carbons (Fsp3) is 0.818. The Morgan fingerprint density at radius 2 is 2.12 bits per heavy atom. The Balaban J connectivity index is 2.10. The van der Waals surface area contributed by atoms with E-state index in [4.69, 9.17) is 5.11 Å². The van der Waals surface area contributed by atoms with Crippen molar-refractivity contribution in [3.63, 3.8) is 0 Å². The summed E-state index contributed by atoms with van der Waals surface area (Å²) in [5.74, 6) is -0.833. The van der Waals surface area contributed by atoms with Gasteiger partial charge in [-0.1, -0.05) is 13.3 Å². The molecule has 1 rings (SSSR count). The van der Waals surface area contributed by atoms with Crippen LogP contribution in [-0.4, -0.2) is 35.6 Å². The van der Waals surface area contributed by atoms with Crippen LogP contribution in [0.2, 0.25) is 0 Å². The molecule has 1 unspecified atom stereocenters. The maximum absolute atomic E-state index is 11.3. The maximum Gasteiger partial charge on any atom is 0.320 e. The van der Waals surface area contributed by atoms with Crippen molar-refractivity contribution in [1.29, 1.82) is 0 Å². The minimum Gasteiger partial charge on any atom is -0.480 e. The molecule has 1 saturated carbocycles. The van der Waals surface area contributed by atoms with Crippen LogP contribution in [-0.2, 0) is 9.59 Å². The zero-order valence-electron chi connectivity index (χ0n) is 9.66. The highest BCUT2D eigenvalue weighted by Crippen LogP contribution is 2.18. The smallest absolute Gasteiger partial charge is 0.320 e. The summed E-state index contributed by atoms with van der Waals surface area (Å²) >= 11 is 0. The number of nitrogens with one attached hydrogen (secondary N) is 2. The van der Waals surface area contributed by atoms with Crippen LogP contribution < -0.4 is 10.6 Å².